The van der Waals surface area contributed by atoms with E-state index in [-0.39, 0.29) is 23.1 Å². The fraction of sp³-hybridized carbons (Fsp3) is 0.529. The van der Waals surface area contributed by atoms with E-state index in [1.165, 1.54) is 0 Å². The van der Waals surface area contributed by atoms with Gasteiger partial charge in [-0.25, -0.2) is 0 Å². The van der Waals surface area contributed by atoms with Gasteiger partial charge in [-0.05, 0) is 50.9 Å². The average molecular weight is 286 g/mol. The van der Waals surface area contributed by atoms with Crippen LogP contribution in [0.25, 0.3) is 0 Å². The van der Waals surface area contributed by atoms with Gasteiger partial charge in [-0.3, -0.25) is 14.9 Å². The van der Waals surface area contributed by atoms with Crippen molar-refractivity contribution in [3.8, 4) is 0 Å². The second-order valence-electron chi connectivity index (χ2n) is 6.60. The van der Waals surface area contributed by atoms with Crippen LogP contribution in [-0.2, 0) is 9.59 Å². The molecule has 0 aliphatic carbocycles. The monoisotopic (exact) mass is 286 g/mol. The number of amides is 2. The SMILES string of the molecule is Cc1cccc(C2C(=O)NC(=O)CC23CCN(C)CC3)c1. The predicted molar refractivity (Wildman–Crippen MR) is 80.9 cm³/mol. The van der Waals surface area contributed by atoms with Crippen molar-refractivity contribution in [3.63, 3.8) is 0 Å². The van der Waals surface area contributed by atoms with E-state index in [9.17, 15) is 9.59 Å². The van der Waals surface area contributed by atoms with E-state index in [2.05, 4.69) is 23.3 Å². The molecule has 1 aromatic carbocycles. The van der Waals surface area contributed by atoms with Gasteiger partial charge in [-0.2, -0.15) is 0 Å². The van der Waals surface area contributed by atoms with Crippen LogP contribution in [0.4, 0.5) is 0 Å². The highest BCUT2D eigenvalue weighted by molar-refractivity contribution is 6.02. The van der Waals surface area contributed by atoms with Crippen LogP contribution in [0, 0.1) is 12.3 Å². The lowest BCUT2D eigenvalue weighted by molar-refractivity contribution is -0.141. The highest BCUT2D eigenvalue weighted by Crippen LogP contribution is 2.49. The number of rotatable bonds is 1. The largest absolute Gasteiger partial charge is 0.306 e. The number of hydrogen-bond acceptors (Lipinski definition) is 3. The number of likely N-dealkylation sites (tertiary alicyclic amines) is 1. The lowest BCUT2D eigenvalue weighted by Gasteiger charge is -2.47. The molecule has 2 aliphatic rings. The van der Waals surface area contributed by atoms with E-state index in [0.717, 1.165) is 37.1 Å². The molecule has 0 radical (unpaired) electrons. The van der Waals surface area contributed by atoms with Crippen molar-refractivity contribution < 1.29 is 9.59 Å². The normalized spacial score (nSPS) is 25.9. The fourth-order valence-corrected chi connectivity index (χ4v) is 3.84. The van der Waals surface area contributed by atoms with Gasteiger partial charge in [-0.1, -0.05) is 29.8 Å². The van der Waals surface area contributed by atoms with Gasteiger partial charge in [0.05, 0.1) is 5.92 Å². The van der Waals surface area contributed by atoms with Gasteiger partial charge < -0.3 is 4.90 Å². The molecule has 21 heavy (non-hydrogen) atoms. The Morgan fingerprint density at radius 3 is 2.62 bits per heavy atom. The van der Waals surface area contributed by atoms with Crippen LogP contribution < -0.4 is 5.32 Å². The summed E-state index contributed by atoms with van der Waals surface area (Å²) in [5, 5.41) is 2.54. The van der Waals surface area contributed by atoms with Crippen LogP contribution >= 0.6 is 0 Å². The number of nitrogens with zero attached hydrogens (tertiary/aromatic N) is 1. The summed E-state index contributed by atoms with van der Waals surface area (Å²) in [7, 11) is 2.10. The minimum Gasteiger partial charge on any atom is -0.306 e. The molecule has 1 spiro atoms. The van der Waals surface area contributed by atoms with Gasteiger partial charge in [-0.15, -0.1) is 0 Å². The van der Waals surface area contributed by atoms with Crippen molar-refractivity contribution in [1.82, 2.24) is 10.2 Å². The van der Waals surface area contributed by atoms with Crippen molar-refractivity contribution >= 4 is 11.8 Å². The first kappa shape index (κ1) is 14.3. The Bertz CT molecular complexity index is 574. The summed E-state index contributed by atoms with van der Waals surface area (Å²) in [6.07, 6.45) is 2.27. The molecule has 2 heterocycles. The summed E-state index contributed by atoms with van der Waals surface area (Å²) in [4.78, 5) is 26.7. The van der Waals surface area contributed by atoms with Gasteiger partial charge in [0.15, 0.2) is 0 Å². The summed E-state index contributed by atoms with van der Waals surface area (Å²) in [6.45, 7) is 3.93. The predicted octanol–water partition coefficient (Wildman–Crippen LogP) is 1.84. The lowest BCUT2D eigenvalue weighted by Crippen LogP contribution is -2.54. The molecule has 4 nitrogen and oxygen atoms in total. The van der Waals surface area contributed by atoms with E-state index in [4.69, 9.17) is 0 Å². The summed E-state index contributed by atoms with van der Waals surface area (Å²) in [5.74, 6) is -0.446. The molecule has 1 aromatic rings. The zero-order chi connectivity index (χ0) is 15.0. The number of carbonyl (C=O) groups is 2. The number of hydrogen-bond donors (Lipinski definition) is 1. The third kappa shape index (κ3) is 2.60. The Kier molecular flexibility index (Phi) is 3.57. The Labute approximate surface area is 125 Å². The van der Waals surface area contributed by atoms with E-state index in [1.54, 1.807) is 0 Å². The van der Waals surface area contributed by atoms with Crippen LogP contribution in [0.3, 0.4) is 0 Å². The number of aryl methyl sites for hydroxylation is 1. The van der Waals surface area contributed by atoms with Gasteiger partial charge in [0, 0.05) is 6.42 Å². The molecule has 2 fully saturated rings. The maximum absolute atomic E-state index is 12.5. The summed E-state index contributed by atoms with van der Waals surface area (Å²) in [6, 6.07) is 8.14. The topological polar surface area (TPSA) is 49.4 Å². The highest BCUT2D eigenvalue weighted by atomic mass is 16.2. The number of imide groups is 1. The fourth-order valence-electron chi connectivity index (χ4n) is 3.84. The second-order valence-corrected chi connectivity index (χ2v) is 6.60. The van der Waals surface area contributed by atoms with Crippen molar-refractivity contribution in [2.75, 3.05) is 20.1 Å². The molecular formula is C17H22N2O2. The Morgan fingerprint density at radius 2 is 1.95 bits per heavy atom. The lowest BCUT2D eigenvalue weighted by atomic mass is 9.62. The maximum Gasteiger partial charge on any atom is 0.234 e. The Hall–Kier alpha value is -1.68. The molecule has 2 saturated heterocycles. The third-order valence-electron chi connectivity index (χ3n) is 5.01. The smallest absolute Gasteiger partial charge is 0.234 e. The van der Waals surface area contributed by atoms with Crippen LogP contribution in [0.15, 0.2) is 24.3 Å². The van der Waals surface area contributed by atoms with Crippen molar-refractivity contribution in [2.45, 2.75) is 32.1 Å². The maximum atomic E-state index is 12.5. The van der Waals surface area contributed by atoms with E-state index in [1.807, 2.05) is 25.1 Å². The summed E-state index contributed by atoms with van der Waals surface area (Å²) in [5.41, 5.74) is 1.99. The first-order valence-corrected chi connectivity index (χ1v) is 7.59. The average Bonchev–Trinajstić information content (AvgIpc) is 2.41. The van der Waals surface area contributed by atoms with E-state index in [0.29, 0.717) is 6.42 Å². The minimum absolute atomic E-state index is 0.117. The van der Waals surface area contributed by atoms with E-state index >= 15 is 0 Å². The molecule has 0 bridgehead atoms. The van der Waals surface area contributed by atoms with Crippen molar-refractivity contribution in [3.05, 3.63) is 35.4 Å². The molecule has 2 amide bonds. The van der Waals surface area contributed by atoms with Crippen molar-refractivity contribution in [1.29, 1.82) is 0 Å². The number of benzene rings is 1. The molecule has 4 heteroatoms. The van der Waals surface area contributed by atoms with Crippen molar-refractivity contribution in [2.24, 2.45) is 5.41 Å². The molecule has 1 atom stereocenters. The molecule has 0 saturated carbocycles. The zero-order valence-electron chi connectivity index (χ0n) is 12.7. The van der Waals surface area contributed by atoms with Gasteiger partial charge in [0.1, 0.15) is 0 Å². The molecule has 1 N–H and O–H groups in total. The van der Waals surface area contributed by atoms with Crippen LogP contribution in [-0.4, -0.2) is 36.9 Å². The standard InChI is InChI=1S/C17H22N2O2/c1-12-4-3-5-13(10-12)15-16(21)18-14(20)11-17(15)6-8-19(2)9-7-17/h3-5,10,15H,6-9,11H2,1-2H3,(H,18,20,21). The molecule has 3 rings (SSSR count). The molecular weight excluding hydrogens is 264 g/mol. The third-order valence-corrected chi connectivity index (χ3v) is 5.01. The molecule has 1 unspecified atom stereocenters. The molecule has 112 valence electrons. The van der Waals surface area contributed by atoms with Gasteiger partial charge in [0.25, 0.3) is 0 Å². The van der Waals surface area contributed by atoms with Crippen LogP contribution in [0.1, 0.15) is 36.3 Å². The van der Waals surface area contributed by atoms with Gasteiger partial charge >= 0.3 is 0 Å². The minimum atomic E-state index is -0.209. The summed E-state index contributed by atoms with van der Waals surface area (Å²) >= 11 is 0. The number of carbonyl (C=O) groups excluding carboxylic acids is 2. The first-order chi connectivity index (χ1) is 10.00. The van der Waals surface area contributed by atoms with Crippen LogP contribution in [0.2, 0.25) is 0 Å². The number of piperidine rings is 2. The highest BCUT2D eigenvalue weighted by Gasteiger charge is 2.50. The zero-order valence-corrected chi connectivity index (χ0v) is 12.7. The Balaban J connectivity index is 2.01. The second kappa shape index (κ2) is 5.26. The first-order valence-electron chi connectivity index (χ1n) is 7.59. The van der Waals surface area contributed by atoms with Gasteiger partial charge in [0.2, 0.25) is 11.8 Å². The Morgan fingerprint density at radius 1 is 1.24 bits per heavy atom. The molecule has 2 aliphatic heterocycles. The molecule has 0 aromatic heterocycles. The quantitative estimate of drug-likeness (QED) is 0.801. The number of nitrogens with one attached hydrogen (secondary N) is 1. The summed E-state index contributed by atoms with van der Waals surface area (Å²) < 4.78 is 0. The van der Waals surface area contributed by atoms with Crippen LogP contribution in [0.5, 0.6) is 0 Å². The van der Waals surface area contributed by atoms with E-state index < -0.39 is 0 Å².